The lowest BCUT2D eigenvalue weighted by molar-refractivity contribution is -0.122. The van der Waals surface area contributed by atoms with Gasteiger partial charge in [-0.05, 0) is 24.8 Å². The Labute approximate surface area is 95.0 Å². The van der Waals surface area contributed by atoms with Crippen LogP contribution in [0.25, 0.3) is 0 Å². The van der Waals surface area contributed by atoms with Crippen molar-refractivity contribution in [2.45, 2.75) is 37.8 Å². The molecule has 3 rings (SSSR count). The van der Waals surface area contributed by atoms with Gasteiger partial charge in [0.15, 0.2) is 0 Å². The summed E-state index contributed by atoms with van der Waals surface area (Å²) in [5.41, 5.74) is 1.04. The normalized spacial score (nSPS) is 32.2. The predicted molar refractivity (Wildman–Crippen MR) is 60.0 cm³/mol. The first-order chi connectivity index (χ1) is 7.72. The number of nitrogens with zero attached hydrogens (tertiary/aromatic N) is 2. The van der Waals surface area contributed by atoms with E-state index in [0.717, 1.165) is 12.0 Å². The molecule has 2 saturated heterocycles. The van der Waals surface area contributed by atoms with Crippen molar-refractivity contribution in [3.05, 3.63) is 18.0 Å². The van der Waals surface area contributed by atoms with E-state index in [1.165, 1.54) is 12.8 Å². The Balaban J connectivity index is 1.65. The van der Waals surface area contributed by atoms with Gasteiger partial charge in [-0.1, -0.05) is 0 Å². The van der Waals surface area contributed by atoms with Crippen molar-refractivity contribution >= 4 is 5.78 Å². The number of hydrogen-bond acceptors (Lipinski definition) is 3. The Kier molecular flexibility index (Phi) is 2.32. The molecule has 0 amide bonds. The molecule has 3 unspecified atom stereocenters. The number of carbonyl (C=O) groups excluding carboxylic acids is 1. The quantitative estimate of drug-likeness (QED) is 0.813. The van der Waals surface area contributed by atoms with E-state index >= 15 is 0 Å². The van der Waals surface area contributed by atoms with Crippen LogP contribution in [0.1, 0.15) is 24.8 Å². The van der Waals surface area contributed by atoms with Crippen molar-refractivity contribution < 1.29 is 4.79 Å². The fourth-order valence-corrected chi connectivity index (χ4v) is 3.08. The molecule has 0 spiro atoms. The topological polar surface area (TPSA) is 46.9 Å². The molecule has 3 atom stereocenters. The highest BCUT2D eigenvalue weighted by Crippen LogP contribution is 2.34. The van der Waals surface area contributed by atoms with Crippen molar-refractivity contribution in [3.8, 4) is 0 Å². The second kappa shape index (κ2) is 3.70. The summed E-state index contributed by atoms with van der Waals surface area (Å²) in [6, 6.07) is 1.06. The first-order valence-electron chi connectivity index (χ1n) is 5.98. The fraction of sp³-hybridized carbons (Fsp3) is 0.667. The van der Waals surface area contributed by atoms with Gasteiger partial charge in [0.1, 0.15) is 5.78 Å². The molecular formula is C12H17N3O. The van der Waals surface area contributed by atoms with E-state index in [1.54, 1.807) is 10.9 Å². The van der Waals surface area contributed by atoms with Gasteiger partial charge in [0.2, 0.25) is 0 Å². The molecule has 16 heavy (non-hydrogen) atoms. The minimum Gasteiger partial charge on any atom is -0.310 e. The summed E-state index contributed by atoms with van der Waals surface area (Å²) in [6.45, 7) is 0. The molecule has 4 nitrogen and oxygen atoms in total. The van der Waals surface area contributed by atoms with Crippen LogP contribution in [-0.2, 0) is 18.3 Å². The molecule has 86 valence electrons. The van der Waals surface area contributed by atoms with Crippen LogP contribution in [0.15, 0.2) is 12.4 Å². The van der Waals surface area contributed by atoms with Crippen molar-refractivity contribution in [2.24, 2.45) is 13.0 Å². The number of Topliss-reactive ketones (excluding diaryl/α,β-unsaturated/α-hetero) is 1. The molecule has 0 radical (unpaired) electrons. The van der Waals surface area contributed by atoms with Gasteiger partial charge >= 0.3 is 0 Å². The monoisotopic (exact) mass is 219 g/mol. The van der Waals surface area contributed by atoms with Crippen LogP contribution in [-0.4, -0.2) is 27.6 Å². The summed E-state index contributed by atoms with van der Waals surface area (Å²) >= 11 is 0. The van der Waals surface area contributed by atoms with E-state index in [4.69, 9.17) is 0 Å². The molecule has 0 saturated carbocycles. The third-order valence-electron chi connectivity index (χ3n) is 3.85. The number of aryl methyl sites for hydroxylation is 1. The lowest BCUT2D eigenvalue weighted by Gasteiger charge is -2.18. The predicted octanol–water partition coefficient (Wildman–Crippen LogP) is 0.672. The third-order valence-corrected chi connectivity index (χ3v) is 3.85. The van der Waals surface area contributed by atoms with Gasteiger partial charge in [0.05, 0.1) is 6.20 Å². The Morgan fingerprint density at radius 3 is 3.06 bits per heavy atom. The Morgan fingerprint density at radius 1 is 1.62 bits per heavy atom. The molecule has 0 aliphatic carbocycles. The molecule has 1 N–H and O–H groups in total. The second-order valence-corrected chi connectivity index (χ2v) is 5.05. The average molecular weight is 219 g/mol. The minimum absolute atomic E-state index is 0.249. The van der Waals surface area contributed by atoms with E-state index in [9.17, 15) is 4.79 Å². The van der Waals surface area contributed by atoms with Gasteiger partial charge in [0.25, 0.3) is 0 Å². The minimum atomic E-state index is 0.249. The number of aromatic nitrogens is 2. The summed E-state index contributed by atoms with van der Waals surface area (Å²) < 4.78 is 1.75. The van der Waals surface area contributed by atoms with E-state index in [1.807, 2.05) is 13.2 Å². The molecule has 4 heteroatoms. The lowest BCUT2D eigenvalue weighted by Crippen LogP contribution is -2.29. The maximum Gasteiger partial charge on any atom is 0.142 e. The molecule has 3 heterocycles. The summed E-state index contributed by atoms with van der Waals surface area (Å²) in [7, 11) is 1.88. The van der Waals surface area contributed by atoms with E-state index in [2.05, 4.69) is 10.4 Å². The van der Waals surface area contributed by atoms with Crippen LogP contribution < -0.4 is 5.32 Å². The molecule has 2 aliphatic heterocycles. The number of ketones is 1. The van der Waals surface area contributed by atoms with E-state index in [0.29, 0.717) is 24.3 Å². The zero-order valence-electron chi connectivity index (χ0n) is 9.52. The SMILES string of the molecule is Cn1cc(CC(=O)C2CC3CCC2N3)cn1. The van der Waals surface area contributed by atoms with Gasteiger partial charge in [-0.3, -0.25) is 9.48 Å². The highest BCUT2D eigenvalue weighted by molar-refractivity contribution is 5.84. The fourth-order valence-electron chi connectivity index (χ4n) is 3.08. The molecule has 2 fully saturated rings. The van der Waals surface area contributed by atoms with Gasteiger partial charge in [-0.25, -0.2) is 0 Å². The van der Waals surface area contributed by atoms with Crippen LogP contribution in [0.3, 0.4) is 0 Å². The van der Waals surface area contributed by atoms with Crippen molar-refractivity contribution in [2.75, 3.05) is 0 Å². The number of nitrogens with one attached hydrogen (secondary N) is 1. The maximum atomic E-state index is 12.1. The molecule has 1 aromatic heterocycles. The van der Waals surface area contributed by atoms with Crippen LogP contribution in [0.2, 0.25) is 0 Å². The Hall–Kier alpha value is -1.16. The van der Waals surface area contributed by atoms with Gasteiger partial charge in [-0.2, -0.15) is 5.10 Å². The van der Waals surface area contributed by atoms with Crippen molar-refractivity contribution in [1.29, 1.82) is 0 Å². The Morgan fingerprint density at radius 2 is 2.50 bits per heavy atom. The second-order valence-electron chi connectivity index (χ2n) is 5.05. The van der Waals surface area contributed by atoms with Crippen LogP contribution in [0.4, 0.5) is 0 Å². The lowest BCUT2D eigenvalue weighted by atomic mass is 9.84. The first kappa shape index (κ1) is 10.0. The van der Waals surface area contributed by atoms with Crippen LogP contribution >= 0.6 is 0 Å². The molecule has 2 bridgehead atoms. The molecular weight excluding hydrogens is 202 g/mol. The molecule has 0 aromatic carbocycles. The highest BCUT2D eigenvalue weighted by atomic mass is 16.1. The summed E-state index contributed by atoms with van der Waals surface area (Å²) in [6.07, 6.45) is 7.74. The van der Waals surface area contributed by atoms with E-state index in [-0.39, 0.29) is 5.92 Å². The number of hydrogen-bond donors (Lipinski definition) is 1. The molecule has 2 aliphatic rings. The van der Waals surface area contributed by atoms with Crippen LogP contribution in [0, 0.1) is 5.92 Å². The van der Waals surface area contributed by atoms with Gasteiger partial charge in [-0.15, -0.1) is 0 Å². The van der Waals surface area contributed by atoms with Gasteiger partial charge in [0, 0.05) is 37.7 Å². The number of rotatable bonds is 3. The highest BCUT2D eigenvalue weighted by Gasteiger charge is 2.42. The summed E-state index contributed by atoms with van der Waals surface area (Å²) in [5.74, 6) is 0.631. The smallest absolute Gasteiger partial charge is 0.142 e. The zero-order valence-corrected chi connectivity index (χ0v) is 9.52. The van der Waals surface area contributed by atoms with Gasteiger partial charge < -0.3 is 5.32 Å². The number of fused-ring (bicyclic) bond motifs is 2. The summed E-state index contributed by atoms with van der Waals surface area (Å²) in [5, 5.41) is 7.60. The largest absolute Gasteiger partial charge is 0.310 e. The standard InChI is InChI=1S/C12H17N3O/c1-15-7-8(6-13-15)4-12(16)10-5-9-2-3-11(10)14-9/h6-7,9-11,14H,2-5H2,1H3. The Bertz CT molecular complexity index is 412. The maximum absolute atomic E-state index is 12.1. The van der Waals surface area contributed by atoms with Crippen molar-refractivity contribution in [3.63, 3.8) is 0 Å². The average Bonchev–Trinajstić information content (AvgIpc) is 2.93. The molecule has 1 aromatic rings. The number of carbonyl (C=O) groups is 1. The van der Waals surface area contributed by atoms with Crippen LogP contribution in [0.5, 0.6) is 0 Å². The first-order valence-corrected chi connectivity index (χ1v) is 5.98. The van der Waals surface area contributed by atoms with Crippen molar-refractivity contribution in [1.82, 2.24) is 15.1 Å². The third kappa shape index (κ3) is 1.67. The summed E-state index contributed by atoms with van der Waals surface area (Å²) in [4.78, 5) is 12.1. The van der Waals surface area contributed by atoms with E-state index < -0.39 is 0 Å². The zero-order chi connectivity index (χ0) is 11.1.